The molecule has 0 aromatic carbocycles. The number of hydrogen-bond acceptors (Lipinski definition) is 3. The second-order valence-electron chi connectivity index (χ2n) is 13.2. The van der Waals surface area contributed by atoms with E-state index in [1.54, 1.807) is 0 Å². The van der Waals surface area contributed by atoms with Crippen LogP contribution < -0.4 is 0 Å². The quantitative estimate of drug-likeness (QED) is 0.470. The first kappa shape index (κ1) is 21.0. The molecule has 1 heterocycles. The van der Waals surface area contributed by atoms with Gasteiger partial charge >= 0.3 is 5.97 Å². The smallest absolute Gasteiger partial charge is 0.306 e. The molecule has 4 saturated carbocycles. The Labute approximate surface area is 183 Å². The Bertz CT molecular complexity index is 785. The number of ketones is 1. The molecule has 0 amide bonds. The van der Waals surface area contributed by atoms with Crippen LogP contribution in [0.15, 0.2) is 0 Å². The maximum atomic E-state index is 12.8. The number of esters is 1. The van der Waals surface area contributed by atoms with Crippen molar-refractivity contribution in [3.05, 3.63) is 0 Å². The standard InChI is InChI=1S/C27H42O3/c1-23(2)19-10-15-26(5)20(24(19,3)13-11-21(23)28)8-7-17-18(9-14-25(17,26)4)27(6)16-12-22(29)30-27/h17-20H,7-16H2,1-6H3/t17?,18?,19?,20?,24-,25+,26+,27-/m0/s1. The van der Waals surface area contributed by atoms with E-state index in [4.69, 9.17) is 4.74 Å². The van der Waals surface area contributed by atoms with Gasteiger partial charge in [0.25, 0.3) is 0 Å². The van der Waals surface area contributed by atoms with Gasteiger partial charge in [-0.2, -0.15) is 0 Å². The van der Waals surface area contributed by atoms with Crippen LogP contribution in [0.3, 0.4) is 0 Å². The molecule has 1 saturated heterocycles. The van der Waals surface area contributed by atoms with Gasteiger partial charge in [0.1, 0.15) is 11.4 Å². The van der Waals surface area contributed by atoms with Gasteiger partial charge in [0.05, 0.1) is 0 Å². The fourth-order valence-corrected chi connectivity index (χ4v) is 10.2. The summed E-state index contributed by atoms with van der Waals surface area (Å²) in [5.74, 6) is 2.90. The molecule has 168 valence electrons. The van der Waals surface area contributed by atoms with Crippen molar-refractivity contribution < 1.29 is 14.3 Å². The average molecular weight is 415 g/mol. The molecule has 0 radical (unpaired) electrons. The van der Waals surface area contributed by atoms with E-state index >= 15 is 0 Å². The van der Waals surface area contributed by atoms with Crippen LogP contribution in [0.4, 0.5) is 0 Å². The highest BCUT2D eigenvalue weighted by molar-refractivity contribution is 5.85. The van der Waals surface area contributed by atoms with E-state index < -0.39 is 0 Å². The first-order valence-corrected chi connectivity index (χ1v) is 12.6. The summed E-state index contributed by atoms with van der Waals surface area (Å²) in [5.41, 5.74) is 0.503. The zero-order valence-corrected chi connectivity index (χ0v) is 20.1. The van der Waals surface area contributed by atoms with Crippen LogP contribution in [0.25, 0.3) is 0 Å². The monoisotopic (exact) mass is 414 g/mol. The van der Waals surface area contributed by atoms with Gasteiger partial charge in [0.15, 0.2) is 0 Å². The van der Waals surface area contributed by atoms with E-state index in [-0.39, 0.29) is 22.4 Å². The molecule has 0 N–H and O–H groups in total. The molecule has 5 fully saturated rings. The highest BCUT2D eigenvalue weighted by Crippen LogP contribution is 2.75. The van der Waals surface area contributed by atoms with E-state index in [1.807, 2.05) is 0 Å². The lowest BCUT2D eigenvalue weighted by molar-refractivity contribution is -0.207. The minimum absolute atomic E-state index is 0.00752. The lowest BCUT2D eigenvalue weighted by atomic mass is 9.35. The van der Waals surface area contributed by atoms with Crippen molar-refractivity contribution in [2.45, 2.75) is 111 Å². The van der Waals surface area contributed by atoms with E-state index in [2.05, 4.69) is 41.5 Å². The zero-order valence-electron chi connectivity index (χ0n) is 20.1. The minimum Gasteiger partial charge on any atom is -0.459 e. The van der Waals surface area contributed by atoms with Crippen molar-refractivity contribution in [3.8, 4) is 0 Å². The van der Waals surface area contributed by atoms with E-state index in [0.717, 1.165) is 19.3 Å². The SMILES string of the molecule is CC1(C)C(=O)CC[C@@]2(C)C1CC[C@]1(C)C2CCC2C([C@]3(C)CCC(=O)O3)CC[C@]21C. The number of cyclic esters (lactones) is 1. The number of Topliss-reactive ketones (excluding diaryl/α,β-unsaturated/α-hetero) is 1. The van der Waals surface area contributed by atoms with Crippen LogP contribution in [0.1, 0.15) is 106 Å². The second kappa shape index (κ2) is 6.13. The number of hydrogen-bond donors (Lipinski definition) is 0. The molecule has 4 aliphatic carbocycles. The first-order chi connectivity index (χ1) is 13.9. The summed E-state index contributed by atoms with van der Waals surface area (Å²) in [4.78, 5) is 24.8. The zero-order chi connectivity index (χ0) is 21.7. The van der Waals surface area contributed by atoms with Crippen LogP contribution in [0.5, 0.6) is 0 Å². The molecule has 0 aromatic rings. The van der Waals surface area contributed by atoms with Crippen LogP contribution in [0.2, 0.25) is 0 Å². The van der Waals surface area contributed by atoms with Crippen LogP contribution >= 0.6 is 0 Å². The van der Waals surface area contributed by atoms with Gasteiger partial charge in [0.2, 0.25) is 0 Å². The van der Waals surface area contributed by atoms with Gasteiger partial charge in [-0.15, -0.1) is 0 Å². The van der Waals surface area contributed by atoms with E-state index in [1.165, 1.54) is 38.5 Å². The Morgan fingerprint density at radius 3 is 2.07 bits per heavy atom. The number of rotatable bonds is 1. The molecule has 0 aromatic heterocycles. The highest BCUT2D eigenvalue weighted by Gasteiger charge is 2.70. The van der Waals surface area contributed by atoms with Crippen molar-refractivity contribution >= 4 is 11.8 Å². The van der Waals surface area contributed by atoms with Crippen molar-refractivity contribution in [1.82, 2.24) is 0 Å². The van der Waals surface area contributed by atoms with Crippen molar-refractivity contribution in [2.24, 2.45) is 45.3 Å². The predicted molar refractivity (Wildman–Crippen MR) is 118 cm³/mol. The summed E-state index contributed by atoms with van der Waals surface area (Å²) in [7, 11) is 0. The molecule has 1 aliphatic heterocycles. The Balaban J connectivity index is 1.50. The van der Waals surface area contributed by atoms with Crippen LogP contribution in [0, 0.1) is 45.3 Å². The molecular formula is C27H42O3. The first-order valence-electron chi connectivity index (χ1n) is 12.6. The van der Waals surface area contributed by atoms with Crippen molar-refractivity contribution in [1.29, 1.82) is 0 Å². The fourth-order valence-electron chi connectivity index (χ4n) is 10.2. The Morgan fingerprint density at radius 1 is 0.700 bits per heavy atom. The normalized spacial score (nSPS) is 54.9. The third kappa shape index (κ3) is 2.39. The highest BCUT2D eigenvalue weighted by atomic mass is 16.6. The minimum atomic E-state index is -0.247. The third-order valence-corrected chi connectivity index (χ3v) is 12.1. The summed E-state index contributed by atoms with van der Waals surface area (Å²) < 4.78 is 5.96. The van der Waals surface area contributed by atoms with Gasteiger partial charge in [-0.05, 0) is 92.3 Å². The fraction of sp³-hybridized carbons (Fsp3) is 0.926. The Morgan fingerprint density at radius 2 is 1.40 bits per heavy atom. The molecule has 4 unspecified atom stereocenters. The molecule has 3 heteroatoms. The van der Waals surface area contributed by atoms with Gasteiger partial charge in [-0.3, -0.25) is 9.59 Å². The molecular weight excluding hydrogens is 372 g/mol. The number of carbonyl (C=O) groups excluding carboxylic acids is 2. The maximum absolute atomic E-state index is 12.8. The molecule has 3 nitrogen and oxygen atoms in total. The lowest BCUT2D eigenvalue weighted by Gasteiger charge is -2.69. The molecule has 0 bridgehead atoms. The van der Waals surface area contributed by atoms with E-state index in [9.17, 15) is 9.59 Å². The van der Waals surface area contributed by atoms with Gasteiger partial charge < -0.3 is 4.74 Å². The van der Waals surface area contributed by atoms with Crippen LogP contribution in [-0.2, 0) is 14.3 Å². The maximum Gasteiger partial charge on any atom is 0.306 e. The van der Waals surface area contributed by atoms with Gasteiger partial charge in [0, 0.05) is 24.2 Å². The second-order valence-corrected chi connectivity index (χ2v) is 13.2. The molecule has 5 rings (SSSR count). The van der Waals surface area contributed by atoms with Gasteiger partial charge in [-0.25, -0.2) is 0 Å². The molecule has 30 heavy (non-hydrogen) atoms. The number of fused-ring (bicyclic) bond motifs is 5. The predicted octanol–water partition coefficient (Wildman–Crippen LogP) is 6.34. The van der Waals surface area contributed by atoms with E-state index in [0.29, 0.717) is 46.7 Å². The Hall–Kier alpha value is -0.860. The molecule has 0 spiro atoms. The Kier molecular flexibility index (Phi) is 4.29. The van der Waals surface area contributed by atoms with Crippen molar-refractivity contribution in [2.75, 3.05) is 0 Å². The molecule has 5 aliphatic rings. The van der Waals surface area contributed by atoms with Crippen molar-refractivity contribution in [3.63, 3.8) is 0 Å². The number of carbonyl (C=O) groups is 2. The lowest BCUT2D eigenvalue weighted by Crippen LogP contribution is -2.63. The summed E-state index contributed by atoms with van der Waals surface area (Å²) in [6.45, 7) is 14.4. The third-order valence-electron chi connectivity index (χ3n) is 12.1. The summed E-state index contributed by atoms with van der Waals surface area (Å²) >= 11 is 0. The van der Waals surface area contributed by atoms with Gasteiger partial charge in [-0.1, -0.05) is 34.6 Å². The summed E-state index contributed by atoms with van der Waals surface area (Å²) in [5, 5.41) is 0. The topological polar surface area (TPSA) is 43.4 Å². The average Bonchev–Trinajstić information content (AvgIpc) is 3.20. The molecule has 8 atom stereocenters. The summed E-state index contributed by atoms with van der Waals surface area (Å²) in [6, 6.07) is 0. The summed E-state index contributed by atoms with van der Waals surface area (Å²) in [6.07, 6.45) is 10.8. The van der Waals surface area contributed by atoms with Crippen LogP contribution in [-0.4, -0.2) is 17.4 Å². The largest absolute Gasteiger partial charge is 0.459 e. The number of ether oxygens (including phenoxy) is 1.